The van der Waals surface area contributed by atoms with Crippen LogP contribution in [0.25, 0.3) is 0 Å². The molecule has 0 aliphatic carbocycles. The molecule has 0 saturated carbocycles. The SMILES string of the molecule is Cc1ccccc1CN1CCN(C(C(N)=O)c2ccc(F)cc2)CC1. The van der Waals surface area contributed by atoms with Gasteiger partial charge in [0.1, 0.15) is 11.9 Å². The van der Waals surface area contributed by atoms with Gasteiger partial charge in [0.25, 0.3) is 0 Å². The van der Waals surface area contributed by atoms with Crippen molar-refractivity contribution in [2.45, 2.75) is 19.5 Å². The van der Waals surface area contributed by atoms with Crippen LogP contribution in [0, 0.1) is 12.7 Å². The molecule has 1 heterocycles. The maximum Gasteiger partial charge on any atom is 0.239 e. The minimum Gasteiger partial charge on any atom is -0.368 e. The smallest absolute Gasteiger partial charge is 0.239 e. The quantitative estimate of drug-likeness (QED) is 0.909. The number of primary amides is 1. The molecular formula is C20H24FN3O. The molecule has 5 heteroatoms. The van der Waals surface area contributed by atoms with E-state index < -0.39 is 6.04 Å². The van der Waals surface area contributed by atoms with Crippen molar-refractivity contribution in [2.24, 2.45) is 5.73 Å². The molecule has 2 N–H and O–H groups in total. The number of amides is 1. The van der Waals surface area contributed by atoms with Crippen molar-refractivity contribution in [3.05, 3.63) is 71.0 Å². The Morgan fingerprint density at radius 1 is 1.08 bits per heavy atom. The molecule has 25 heavy (non-hydrogen) atoms. The molecule has 1 unspecified atom stereocenters. The Balaban J connectivity index is 1.64. The Kier molecular flexibility index (Phi) is 5.46. The first-order valence-corrected chi connectivity index (χ1v) is 8.60. The fourth-order valence-electron chi connectivity index (χ4n) is 3.41. The number of carbonyl (C=O) groups is 1. The van der Waals surface area contributed by atoms with Crippen molar-refractivity contribution < 1.29 is 9.18 Å². The predicted octanol–water partition coefficient (Wildman–Crippen LogP) is 2.48. The summed E-state index contributed by atoms with van der Waals surface area (Å²) in [4.78, 5) is 16.5. The highest BCUT2D eigenvalue weighted by Gasteiger charge is 2.29. The van der Waals surface area contributed by atoms with Gasteiger partial charge in [-0.2, -0.15) is 0 Å². The molecule has 1 amide bonds. The molecule has 0 spiro atoms. The van der Waals surface area contributed by atoms with Gasteiger partial charge in [0.15, 0.2) is 0 Å². The highest BCUT2D eigenvalue weighted by Crippen LogP contribution is 2.23. The van der Waals surface area contributed by atoms with Gasteiger partial charge in [0, 0.05) is 32.7 Å². The molecule has 4 nitrogen and oxygen atoms in total. The highest BCUT2D eigenvalue weighted by molar-refractivity contribution is 5.81. The van der Waals surface area contributed by atoms with E-state index in [1.54, 1.807) is 12.1 Å². The summed E-state index contributed by atoms with van der Waals surface area (Å²) in [6, 6.07) is 13.9. The lowest BCUT2D eigenvalue weighted by Crippen LogP contribution is -2.50. The summed E-state index contributed by atoms with van der Waals surface area (Å²) in [5.74, 6) is -0.700. The number of carbonyl (C=O) groups excluding carboxylic acids is 1. The maximum absolute atomic E-state index is 13.1. The van der Waals surface area contributed by atoms with Gasteiger partial charge >= 0.3 is 0 Å². The molecule has 1 fully saturated rings. The molecule has 2 aromatic carbocycles. The van der Waals surface area contributed by atoms with E-state index in [9.17, 15) is 9.18 Å². The zero-order valence-electron chi connectivity index (χ0n) is 14.5. The van der Waals surface area contributed by atoms with E-state index in [-0.39, 0.29) is 11.7 Å². The van der Waals surface area contributed by atoms with Crippen molar-refractivity contribution in [2.75, 3.05) is 26.2 Å². The molecule has 3 rings (SSSR count). The molecule has 1 atom stereocenters. The zero-order valence-corrected chi connectivity index (χ0v) is 14.5. The summed E-state index contributed by atoms with van der Waals surface area (Å²) in [6.45, 7) is 6.31. The highest BCUT2D eigenvalue weighted by atomic mass is 19.1. The lowest BCUT2D eigenvalue weighted by atomic mass is 10.0. The van der Waals surface area contributed by atoms with E-state index in [2.05, 4.69) is 41.0 Å². The summed E-state index contributed by atoms with van der Waals surface area (Å²) in [6.07, 6.45) is 0. The van der Waals surface area contributed by atoms with Gasteiger partial charge in [-0.15, -0.1) is 0 Å². The number of halogens is 1. The topological polar surface area (TPSA) is 49.6 Å². The second-order valence-corrected chi connectivity index (χ2v) is 6.60. The number of hydrogen-bond acceptors (Lipinski definition) is 3. The van der Waals surface area contributed by atoms with Crippen molar-refractivity contribution in [1.29, 1.82) is 0 Å². The molecular weight excluding hydrogens is 317 g/mol. The van der Waals surface area contributed by atoms with Gasteiger partial charge in [-0.25, -0.2) is 4.39 Å². The number of hydrogen-bond donors (Lipinski definition) is 1. The number of rotatable bonds is 5. The van der Waals surface area contributed by atoms with Crippen molar-refractivity contribution in [3.8, 4) is 0 Å². The van der Waals surface area contributed by atoms with Crippen LogP contribution in [0.2, 0.25) is 0 Å². The Labute approximate surface area is 148 Å². The van der Waals surface area contributed by atoms with E-state index in [1.165, 1.54) is 23.3 Å². The average Bonchev–Trinajstić information content (AvgIpc) is 2.60. The third-order valence-corrected chi connectivity index (χ3v) is 4.88. The van der Waals surface area contributed by atoms with E-state index in [1.807, 2.05) is 0 Å². The fourth-order valence-corrected chi connectivity index (χ4v) is 3.41. The van der Waals surface area contributed by atoms with Gasteiger partial charge in [-0.3, -0.25) is 14.6 Å². The van der Waals surface area contributed by atoms with Crippen LogP contribution in [0.15, 0.2) is 48.5 Å². The molecule has 2 aromatic rings. The molecule has 1 aliphatic heterocycles. The van der Waals surface area contributed by atoms with E-state index >= 15 is 0 Å². The minimum absolute atomic E-state index is 0.310. The second kappa shape index (κ2) is 7.76. The normalized spacial score (nSPS) is 17.4. The maximum atomic E-state index is 13.1. The standard InChI is InChI=1S/C20H24FN3O/c1-15-4-2-3-5-17(15)14-23-10-12-24(13-11-23)19(20(22)25)16-6-8-18(21)9-7-16/h2-9,19H,10-14H2,1H3,(H2,22,25). The third kappa shape index (κ3) is 4.24. The van der Waals surface area contributed by atoms with E-state index in [0.717, 1.165) is 38.3 Å². The van der Waals surface area contributed by atoms with Crippen molar-refractivity contribution in [1.82, 2.24) is 9.80 Å². The molecule has 1 saturated heterocycles. The number of nitrogens with two attached hydrogens (primary N) is 1. The summed E-state index contributed by atoms with van der Waals surface area (Å²) in [5, 5.41) is 0. The van der Waals surface area contributed by atoms with Gasteiger partial charge in [-0.1, -0.05) is 36.4 Å². The first-order valence-electron chi connectivity index (χ1n) is 8.60. The Bertz CT molecular complexity index is 724. The van der Waals surface area contributed by atoms with Crippen LogP contribution in [0.3, 0.4) is 0 Å². The largest absolute Gasteiger partial charge is 0.368 e. The Morgan fingerprint density at radius 2 is 1.72 bits per heavy atom. The van der Waals surface area contributed by atoms with Crippen LogP contribution in [0.5, 0.6) is 0 Å². The Morgan fingerprint density at radius 3 is 2.32 bits per heavy atom. The fraction of sp³-hybridized carbons (Fsp3) is 0.350. The number of benzene rings is 2. The van der Waals surface area contributed by atoms with Crippen LogP contribution in [0.4, 0.5) is 4.39 Å². The third-order valence-electron chi connectivity index (χ3n) is 4.88. The summed E-state index contributed by atoms with van der Waals surface area (Å²) >= 11 is 0. The molecule has 132 valence electrons. The molecule has 0 aromatic heterocycles. The van der Waals surface area contributed by atoms with E-state index in [4.69, 9.17) is 5.73 Å². The van der Waals surface area contributed by atoms with E-state index in [0.29, 0.717) is 0 Å². The lowest BCUT2D eigenvalue weighted by Gasteiger charge is -2.38. The molecule has 0 bridgehead atoms. The minimum atomic E-state index is -0.499. The first-order chi connectivity index (χ1) is 12.0. The molecule has 1 aliphatic rings. The monoisotopic (exact) mass is 341 g/mol. The number of nitrogens with zero attached hydrogens (tertiary/aromatic N) is 2. The van der Waals surface area contributed by atoms with Crippen molar-refractivity contribution >= 4 is 5.91 Å². The van der Waals surface area contributed by atoms with Gasteiger partial charge in [0.05, 0.1) is 0 Å². The number of piperazine rings is 1. The Hall–Kier alpha value is -2.24. The average molecular weight is 341 g/mol. The zero-order chi connectivity index (χ0) is 17.8. The van der Waals surface area contributed by atoms with Crippen LogP contribution >= 0.6 is 0 Å². The first kappa shape index (κ1) is 17.6. The van der Waals surface area contributed by atoms with Gasteiger partial charge < -0.3 is 5.73 Å². The summed E-state index contributed by atoms with van der Waals surface area (Å²) in [7, 11) is 0. The summed E-state index contributed by atoms with van der Waals surface area (Å²) < 4.78 is 13.1. The number of aryl methyl sites for hydroxylation is 1. The van der Waals surface area contributed by atoms with Crippen LogP contribution in [0.1, 0.15) is 22.7 Å². The van der Waals surface area contributed by atoms with Crippen molar-refractivity contribution in [3.63, 3.8) is 0 Å². The summed E-state index contributed by atoms with van der Waals surface area (Å²) in [5.41, 5.74) is 9.01. The van der Waals surface area contributed by atoms with Crippen LogP contribution in [-0.4, -0.2) is 41.9 Å². The van der Waals surface area contributed by atoms with Crippen LogP contribution in [-0.2, 0) is 11.3 Å². The second-order valence-electron chi connectivity index (χ2n) is 6.60. The molecule has 0 radical (unpaired) electrons. The van der Waals surface area contributed by atoms with Gasteiger partial charge in [-0.05, 0) is 35.7 Å². The lowest BCUT2D eigenvalue weighted by molar-refractivity contribution is -0.124. The van der Waals surface area contributed by atoms with Gasteiger partial charge in [0.2, 0.25) is 5.91 Å². The predicted molar refractivity (Wildman–Crippen MR) is 96.4 cm³/mol. The van der Waals surface area contributed by atoms with Crippen LogP contribution < -0.4 is 5.73 Å².